The standard InChI is InChI=1S/C11H17N3O/c1-3-4-5-6-7-14-9-11(8-12-14)13-10(2)15/h4-5,8-9H,3,6-7H2,1-2H3,(H,13,15)/b5-4+. The molecule has 0 radical (unpaired) electrons. The fraction of sp³-hybridized carbons (Fsp3) is 0.455. The van der Waals surface area contributed by atoms with Crippen molar-refractivity contribution in [1.29, 1.82) is 0 Å². The van der Waals surface area contributed by atoms with Gasteiger partial charge in [-0.1, -0.05) is 19.1 Å². The number of amides is 1. The highest BCUT2D eigenvalue weighted by molar-refractivity contribution is 5.88. The van der Waals surface area contributed by atoms with Crippen LogP contribution in [-0.2, 0) is 11.3 Å². The molecule has 1 rings (SSSR count). The van der Waals surface area contributed by atoms with Gasteiger partial charge in [-0.3, -0.25) is 9.48 Å². The number of allylic oxidation sites excluding steroid dienone is 2. The molecule has 1 amide bonds. The molecule has 1 aromatic rings. The van der Waals surface area contributed by atoms with E-state index in [-0.39, 0.29) is 5.91 Å². The highest BCUT2D eigenvalue weighted by atomic mass is 16.1. The van der Waals surface area contributed by atoms with Crippen LogP contribution in [0.2, 0.25) is 0 Å². The van der Waals surface area contributed by atoms with E-state index in [1.165, 1.54) is 6.92 Å². The number of hydrogen-bond donors (Lipinski definition) is 1. The summed E-state index contributed by atoms with van der Waals surface area (Å²) in [4.78, 5) is 10.8. The van der Waals surface area contributed by atoms with Crippen LogP contribution in [0.5, 0.6) is 0 Å². The van der Waals surface area contributed by atoms with Crippen molar-refractivity contribution in [2.45, 2.75) is 33.2 Å². The Morgan fingerprint density at radius 2 is 2.40 bits per heavy atom. The second-order valence-electron chi connectivity index (χ2n) is 3.34. The Bertz CT molecular complexity index is 341. The molecule has 4 nitrogen and oxygen atoms in total. The summed E-state index contributed by atoms with van der Waals surface area (Å²) >= 11 is 0. The first-order valence-electron chi connectivity index (χ1n) is 5.17. The van der Waals surface area contributed by atoms with Crippen LogP contribution in [0.15, 0.2) is 24.5 Å². The maximum absolute atomic E-state index is 10.8. The predicted molar refractivity (Wildman–Crippen MR) is 60.6 cm³/mol. The van der Waals surface area contributed by atoms with E-state index in [1.807, 2.05) is 10.9 Å². The maximum Gasteiger partial charge on any atom is 0.221 e. The summed E-state index contributed by atoms with van der Waals surface area (Å²) in [5, 5.41) is 6.82. The minimum absolute atomic E-state index is 0.0690. The second-order valence-corrected chi connectivity index (χ2v) is 3.34. The van der Waals surface area contributed by atoms with Crippen molar-refractivity contribution in [2.75, 3.05) is 5.32 Å². The zero-order valence-corrected chi connectivity index (χ0v) is 9.23. The van der Waals surface area contributed by atoms with Gasteiger partial charge in [0.25, 0.3) is 0 Å². The van der Waals surface area contributed by atoms with Crippen molar-refractivity contribution in [3.63, 3.8) is 0 Å². The number of aryl methyl sites for hydroxylation is 1. The maximum atomic E-state index is 10.8. The van der Waals surface area contributed by atoms with Crippen LogP contribution in [0.25, 0.3) is 0 Å². The van der Waals surface area contributed by atoms with Gasteiger partial charge in [0.2, 0.25) is 5.91 Å². The SMILES string of the molecule is CC/C=C/CCn1cc(NC(C)=O)cn1. The molecular formula is C11H17N3O. The highest BCUT2D eigenvalue weighted by Crippen LogP contribution is 2.05. The molecule has 0 bridgehead atoms. The Morgan fingerprint density at radius 3 is 3.07 bits per heavy atom. The molecule has 0 saturated heterocycles. The molecule has 0 spiro atoms. The number of nitrogens with one attached hydrogen (secondary N) is 1. The average molecular weight is 207 g/mol. The number of rotatable bonds is 5. The first kappa shape index (κ1) is 11.5. The summed E-state index contributed by atoms with van der Waals surface area (Å²) in [6.45, 7) is 4.44. The molecule has 82 valence electrons. The second kappa shape index (κ2) is 6.01. The third kappa shape index (κ3) is 4.44. The summed E-state index contributed by atoms with van der Waals surface area (Å²) in [5.41, 5.74) is 0.752. The molecular weight excluding hydrogens is 190 g/mol. The molecule has 4 heteroatoms. The molecule has 1 heterocycles. The van der Waals surface area contributed by atoms with Gasteiger partial charge in [-0.2, -0.15) is 5.10 Å². The van der Waals surface area contributed by atoms with Crippen molar-refractivity contribution in [3.05, 3.63) is 24.5 Å². The third-order valence-electron chi connectivity index (χ3n) is 1.88. The van der Waals surface area contributed by atoms with Gasteiger partial charge >= 0.3 is 0 Å². The lowest BCUT2D eigenvalue weighted by Crippen LogP contribution is -2.04. The van der Waals surface area contributed by atoms with E-state index in [0.717, 1.165) is 25.1 Å². The van der Waals surface area contributed by atoms with Crippen molar-refractivity contribution in [3.8, 4) is 0 Å². The van der Waals surface area contributed by atoms with E-state index >= 15 is 0 Å². The Labute approximate surface area is 90.0 Å². The summed E-state index contributed by atoms with van der Waals surface area (Å²) in [6.07, 6.45) is 9.80. The minimum atomic E-state index is -0.0690. The first-order chi connectivity index (χ1) is 7.22. The van der Waals surface area contributed by atoms with Gasteiger partial charge in [0, 0.05) is 19.7 Å². The average Bonchev–Trinajstić information content (AvgIpc) is 2.59. The smallest absolute Gasteiger partial charge is 0.221 e. The number of hydrogen-bond acceptors (Lipinski definition) is 2. The Hall–Kier alpha value is -1.58. The van der Waals surface area contributed by atoms with Gasteiger partial charge in [0.1, 0.15) is 0 Å². The highest BCUT2D eigenvalue weighted by Gasteiger charge is 1.98. The zero-order valence-electron chi connectivity index (χ0n) is 9.23. The molecule has 0 aliphatic heterocycles. The molecule has 1 N–H and O–H groups in total. The normalized spacial score (nSPS) is 10.8. The van der Waals surface area contributed by atoms with E-state index < -0.39 is 0 Å². The molecule has 0 aliphatic rings. The quantitative estimate of drug-likeness (QED) is 0.752. The van der Waals surface area contributed by atoms with Gasteiger partial charge in [0.05, 0.1) is 11.9 Å². The lowest BCUT2D eigenvalue weighted by Gasteiger charge is -1.97. The number of nitrogens with zero attached hydrogens (tertiary/aromatic N) is 2. The van der Waals surface area contributed by atoms with Crippen LogP contribution in [0.3, 0.4) is 0 Å². The number of carbonyl (C=O) groups is 1. The molecule has 0 atom stereocenters. The van der Waals surface area contributed by atoms with Crippen LogP contribution >= 0.6 is 0 Å². The van der Waals surface area contributed by atoms with Gasteiger partial charge in [-0.05, 0) is 12.8 Å². The van der Waals surface area contributed by atoms with Crippen LogP contribution in [0.4, 0.5) is 5.69 Å². The van der Waals surface area contributed by atoms with Gasteiger partial charge in [0.15, 0.2) is 0 Å². The van der Waals surface area contributed by atoms with Crippen molar-refractivity contribution in [2.24, 2.45) is 0 Å². The minimum Gasteiger partial charge on any atom is -0.324 e. The van der Waals surface area contributed by atoms with Crippen LogP contribution < -0.4 is 5.32 Å². The van der Waals surface area contributed by atoms with Crippen LogP contribution in [0, 0.1) is 0 Å². The summed E-state index contributed by atoms with van der Waals surface area (Å²) in [6, 6.07) is 0. The lowest BCUT2D eigenvalue weighted by atomic mass is 10.3. The number of carbonyl (C=O) groups excluding carboxylic acids is 1. The monoisotopic (exact) mass is 207 g/mol. The molecule has 1 aromatic heterocycles. The van der Waals surface area contributed by atoms with Crippen molar-refractivity contribution in [1.82, 2.24) is 9.78 Å². The topological polar surface area (TPSA) is 46.9 Å². The van der Waals surface area contributed by atoms with E-state index in [4.69, 9.17) is 0 Å². The van der Waals surface area contributed by atoms with Crippen LogP contribution in [-0.4, -0.2) is 15.7 Å². The summed E-state index contributed by atoms with van der Waals surface area (Å²) < 4.78 is 1.82. The van der Waals surface area contributed by atoms with Gasteiger partial charge in [-0.25, -0.2) is 0 Å². The van der Waals surface area contributed by atoms with E-state index in [1.54, 1.807) is 6.20 Å². The Kier molecular flexibility index (Phi) is 4.60. The summed E-state index contributed by atoms with van der Waals surface area (Å²) in [7, 11) is 0. The fourth-order valence-corrected chi connectivity index (χ4v) is 1.24. The largest absolute Gasteiger partial charge is 0.324 e. The Balaban J connectivity index is 2.39. The molecule has 0 aromatic carbocycles. The van der Waals surface area contributed by atoms with Crippen LogP contribution in [0.1, 0.15) is 26.7 Å². The van der Waals surface area contributed by atoms with E-state index in [2.05, 4.69) is 29.5 Å². The van der Waals surface area contributed by atoms with Crippen molar-refractivity contribution < 1.29 is 4.79 Å². The van der Waals surface area contributed by atoms with Gasteiger partial charge in [-0.15, -0.1) is 0 Å². The molecule has 15 heavy (non-hydrogen) atoms. The van der Waals surface area contributed by atoms with Crippen molar-refractivity contribution >= 4 is 11.6 Å². The first-order valence-corrected chi connectivity index (χ1v) is 5.17. The zero-order chi connectivity index (χ0) is 11.1. The molecule has 0 saturated carbocycles. The van der Waals surface area contributed by atoms with E-state index in [0.29, 0.717) is 0 Å². The lowest BCUT2D eigenvalue weighted by molar-refractivity contribution is -0.114. The fourth-order valence-electron chi connectivity index (χ4n) is 1.24. The molecule has 0 unspecified atom stereocenters. The molecule has 0 fully saturated rings. The van der Waals surface area contributed by atoms with Gasteiger partial charge < -0.3 is 5.32 Å². The number of aromatic nitrogens is 2. The predicted octanol–water partition coefficient (Wildman–Crippen LogP) is 2.20. The van der Waals surface area contributed by atoms with E-state index in [9.17, 15) is 4.79 Å². The Morgan fingerprint density at radius 1 is 1.60 bits per heavy atom. The third-order valence-corrected chi connectivity index (χ3v) is 1.88. The number of anilines is 1. The summed E-state index contributed by atoms with van der Waals surface area (Å²) in [5.74, 6) is -0.0690. The molecule has 0 aliphatic carbocycles.